The number of hydrogen-bond acceptors (Lipinski definition) is 4. The quantitative estimate of drug-likeness (QED) is 0.168. The van der Waals surface area contributed by atoms with Crippen LogP contribution >= 0.6 is 24.0 Å². The lowest BCUT2D eigenvalue weighted by Crippen LogP contribution is -2.30. The molecule has 7 nitrogen and oxygen atoms in total. The number of aliphatic imine (C=N–C) groups is 1. The average molecular weight is 562 g/mol. The maximum Gasteiger partial charge on any atom is 0.250 e. The molecule has 1 heterocycles. The Balaban J connectivity index is 0.00000385. The predicted molar refractivity (Wildman–Crippen MR) is 144 cm³/mol. The third kappa shape index (κ3) is 8.89. The van der Waals surface area contributed by atoms with Gasteiger partial charge < -0.3 is 24.7 Å². The Morgan fingerprint density at radius 2 is 1.79 bits per heavy atom. The highest BCUT2D eigenvalue weighted by Gasteiger charge is 2.03. The molecule has 0 atom stereocenters. The number of anilines is 1. The van der Waals surface area contributed by atoms with Crippen LogP contribution in [0.4, 0.5) is 5.69 Å². The third-order valence-corrected chi connectivity index (χ3v) is 4.82. The lowest BCUT2D eigenvalue weighted by atomic mass is 10.1. The predicted octanol–water partition coefficient (Wildman–Crippen LogP) is 4.12. The number of benzene rings is 2. The average Bonchev–Trinajstić information content (AvgIpc) is 2.82. The van der Waals surface area contributed by atoms with Crippen molar-refractivity contribution in [3.8, 4) is 5.75 Å². The molecule has 8 heteroatoms. The summed E-state index contributed by atoms with van der Waals surface area (Å²) in [5.74, 6) is 1.47. The summed E-state index contributed by atoms with van der Waals surface area (Å²) in [6, 6.07) is 21.2. The fourth-order valence-corrected chi connectivity index (χ4v) is 3.11. The van der Waals surface area contributed by atoms with Gasteiger partial charge in [-0.2, -0.15) is 0 Å². The van der Waals surface area contributed by atoms with Crippen molar-refractivity contribution >= 4 is 35.6 Å². The zero-order valence-corrected chi connectivity index (χ0v) is 21.3. The van der Waals surface area contributed by atoms with Gasteiger partial charge in [0.05, 0.1) is 13.2 Å². The van der Waals surface area contributed by atoms with Crippen LogP contribution in [0.25, 0.3) is 0 Å². The van der Waals surface area contributed by atoms with E-state index in [1.807, 2.05) is 42.5 Å². The van der Waals surface area contributed by atoms with Gasteiger partial charge in [-0.3, -0.25) is 9.79 Å². The van der Waals surface area contributed by atoms with Crippen LogP contribution in [0, 0.1) is 0 Å². The summed E-state index contributed by atoms with van der Waals surface area (Å²) in [6.07, 6.45) is 2.64. The molecule has 176 valence electrons. The summed E-state index contributed by atoms with van der Waals surface area (Å²) in [7, 11) is 3.42. The van der Waals surface area contributed by atoms with Crippen molar-refractivity contribution in [2.45, 2.75) is 19.5 Å². The van der Waals surface area contributed by atoms with Crippen molar-refractivity contribution in [2.75, 3.05) is 32.7 Å². The Morgan fingerprint density at radius 3 is 2.52 bits per heavy atom. The summed E-state index contributed by atoms with van der Waals surface area (Å²) in [4.78, 5) is 16.2. The lowest BCUT2D eigenvalue weighted by molar-refractivity contribution is 0.172. The molecule has 33 heavy (non-hydrogen) atoms. The van der Waals surface area contributed by atoms with E-state index in [9.17, 15) is 4.79 Å². The molecule has 1 aromatic heterocycles. The van der Waals surface area contributed by atoms with Gasteiger partial charge in [0.1, 0.15) is 5.75 Å². The highest BCUT2D eigenvalue weighted by molar-refractivity contribution is 14.0. The SMILES string of the molecule is CN=C(NCc1ccc(Cn2ccccc2=O)cc1)Nc1cccc(OCCCOC)c1.I. The molecular formula is C25H31IN4O3. The second kappa shape index (κ2) is 14.3. The number of methoxy groups -OCH3 is 1. The molecule has 0 bridgehead atoms. The van der Waals surface area contributed by atoms with E-state index in [2.05, 4.69) is 27.8 Å². The van der Waals surface area contributed by atoms with Crippen LogP contribution in [0.5, 0.6) is 5.75 Å². The second-order valence-electron chi connectivity index (χ2n) is 7.26. The minimum atomic E-state index is -0.00226. The van der Waals surface area contributed by atoms with Crippen LogP contribution in [0.3, 0.4) is 0 Å². The number of nitrogens with zero attached hydrogens (tertiary/aromatic N) is 2. The summed E-state index contributed by atoms with van der Waals surface area (Å²) >= 11 is 0. The molecule has 0 saturated heterocycles. The fourth-order valence-electron chi connectivity index (χ4n) is 3.11. The first kappa shape index (κ1) is 26.4. The molecule has 0 saturated carbocycles. The lowest BCUT2D eigenvalue weighted by Gasteiger charge is -2.13. The van der Waals surface area contributed by atoms with E-state index in [0.717, 1.165) is 29.0 Å². The van der Waals surface area contributed by atoms with Gasteiger partial charge in [0.15, 0.2) is 5.96 Å². The number of halogens is 1. The third-order valence-electron chi connectivity index (χ3n) is 4.82. The second-order valence-corrected chi connectivity index (χ2v) is 7.26. The number of guanidine groups is 1. The zero-order valence-electron chi connectivity index (χ0n) is 19.0. The molecule has 0 spiro atoms. The highest BCUT2D eigenvalue weighted by atomic mass is 127. The van der Waals surface area contributed by atoms with Gasteiger partial charge in [0.25, 0.3) is 5.56 Å². The first-order chi connectivity index (χ1) is 15.7. The van der Waals surface area contributed by atoms with E-state index in [1.54, 1.807) is 37.1 Å². The summed E-state index contributed by atoms with van der Waals surface area (Å²) in [6.45, 7) is 2.47. The van der Waals surface area contributed by atoms with E-state index in [4.69, 9.17) is 9.47 Å². The van der Waals surface area contributed by atoms with Crippen molar-refractivity contribution in [3.63, 3.8) is 0 Å². The van der Waals surface area contributed by atoms with E-state index >= 15 is 0 Å². The number of hydrogen-bond donors (Lipinski definition) is 2. The molecule has 3 aromatic rings. The molecule has 3 rings (SSSR count). The molecular weight excluding hydrogens is 531 g/mol. The van der Waals surface area contributed by atoms with Gasteiger partial charge in [-0.05, 0) is 29.3 Å². The molecule has 2 aromatic carbocycles. The monoisotopic (exact) mass is 562 g/mol. The molecule has 0 radical (unpaired) electrons. The van der Waals surface area contributed by atoms with Crippen LogP contribution in [0.2, 0.25) is 0 Å². The Labute approximate surface area is 211 Å². The van der Waals surface area contributed by atoms with Gasteiger partial charge in [-0.25, -0.2) is 0 Å². The van der Waals surface area contributed by atoms with E-state index < -0.39 is 0 Å². The standard InChI is InChI=1S/C25H30N4O3.HI/c1-26-25(28-22-7-5-8-23(17-22)32-16-6-15-31-2)27-18-20-10-12-21(13-11-20)19-29-14-4-3-9-24(29)30;/h3-5,7-14,17H,6,15-16,18-19H2,1-2H3,(H2,26,27,28);1H. The van der Waals surface area contributed by atoms with Gasteiger partial charge in [0.2, 0.25) is 0 Å². The number of pyridine rings is 1. The maximum atomic E-state index is 11.9. The van der Waals surface area contributed by atoms with E-state index in [1.165, 1.54) is 0 Å². The normalized spacial score (nSPS) is 10.9. The molecule has 0 fully saturated rings. The van der Waals surface area contributed by atoms with Crippen molar-refractivity contribution in [3.05, 3.63) is 94.4 Å². The van der Waals surface area contributed by atoms with Crippen LogP contribution in [-0.4, -0.2) is 37.9 Å². The van der Waals surface area contributed by atoms with Crippen LogP contribution in [-0.2, 0) is 17.8 Å². The summed E-state index contributed by atoms with van der Waals surface area (Å²) < 4.78 is 12.5. The topological polar surface area (TPSA) is 76.9 Å². The molecule has 0 aliphatic heterocycles. The van der Waals surface area contributed by atoms with Crippen LogP contribution in [0.1, 0.15) is 17.5 Å². The molecule has 2 N–H and O–H groups in total. The Kier molecular flexibility index (Phi) is 11.5. The van der Waals surface area contributed by atoms with Crippen molar-refractivity contribution in [1.29, 1.82) is 0 Å². The van der Waals surface area contributed by atoms with Gasteiger partial charge in [0, 0.05) is 57.7 Å². The Hall–Kier alpha value is -2.85. The zero-order chi connectivity index (χ0) is 22.6. The fraction of sp³-hybridized carbons (Fsp3) is 0.280. The maximum absolute atomic E-state index is 11.9. The number of nitrogens with one attached hydrogen (secondary N) is 2. The molecule has 0 unspecified atom stereocenters. The van der Waals surface area contributed by atoms with Crippen molar-refractivity contribution in [2.24, 2.45) is 4.99 Å². The van der Waals surface area contributed by atoms with Crippen LogP contribution < -0.4 is 20.9 Å². The van der Waals surface area contributed by atoms with Crippen molar-refractivity contribution in [1.82, 2.24) is 9.88 Å². The molecule has 0 amide bonds. The minimum absolute atomic E-state index is 0. The van der Waals surface area contributed by atoms with E-state index in [0.29, 0.717) is 32.3 Å². The summed E-state index contributed by atoms with van der Waals surface area (Å²) in [5.41, 5.74) is 3.09. The number of rotatable bonds is 10. The van der Waals surface area contributed by atoms with Crippen molar-refractivity contribution < 1.29 is 9.47 Å². The number of ether oxygens (including phenoxy) is 2. The first-order valence-electron chi connectivity index (χ1n) is 10.6. The molecule has 0 aliphatic carbocycles. The molecule has 0 aliphatic rings. The Morgan fingerprint density at radius 1 is 1.00 bits per heavy atom. The summed E-state index contributed by atoms with van der Waals surface area (Å²) in [5, 5.41) is 6.61. The Bertz CT molecular complexity index is 1070. The van der Waals surface area contributed by atoms with Gasteiger partial charge >= 0.3 is 0 Å². The van der Waals surface area contributed by atoms with Gasteiger partial charge in [-0.1, -0.05) is 36.4 Å². The largest absolute Gasteiger partial charge is 0.493 e. The van der Waals surface area contributed by atoms with E-state index in [-0.39, 0.29) is 29.5 Å². The first-order valence-corrected chi connectivity index (χ1v) is 10.6. The van der Waals surface area contributed by atoms with Gasteiger partial charge in [-0.15, -0.1) is 24.0 Å². The minimum Gasteiger partial charge on any atom is -0.493 e. The highest BCUT2D eigenvalue weighted by Crippen LogP contribution is 2.17. The van der Waals surface area contributed by atoms with Crippen LogP contribution in [0.15, 0.2) is 82.7 Å². The smallest absolute Gasteiger partial charge is 0.250 e. The number of aromatic nitrogens is 1.